The highest BCUT2D eigenvalue weighted by molar-refractivity contribution is 9.11. The molecule has 0 aromatic heterocycles. The highest BCUT2D eigenvalue weighted by Crippen LogP contribution is 2.54. The Kier molecular flexibility index (Phi) is 3.64. The third kappa shape index (κ3) is 2.26. The Hall–Kier alpha value is -3.46. The van der Waals surface area contributed by atoms with E-state index in [1.54, 1.807) is 0 Å². The molecule has 7 aromatic carbocycles. The lowest BCUT2D eigenvalue weighted by Gasteiger charge is -2.15. The molecule has 7 aromatic rings. The first-order valence-electron chi connectivity index (χ1n) is 12.2. The Bertz CT molecular complexity index is 1870. The minimum absolute atomic E-state index is 1.16. The first-order chi connectivity index (χ1) is 17.7. The number of fused-ring (bicyclic) bond motifs is 8. The van der Waals surface area contributed by atoms with Crippen LogP contribution >= 0.6 is 31.9 Å². The minimum atomic E-state index is 1.16. The fourth-order valence-electron chi connectivity index (χ4n) is 6.69. The second-order valence-electron chi connectivity index (χ2n) is 9.93. The first-order valence-corrected chi connectivity index (χ1v) is 13.7. The van der Waals surface area contributed by atoms with Crippen LogP contribution in [0.25, 0.3) is 87.6 Å². The summed E-state index contributed by atoms with van der Waals surface area (Å²) in [5.41, 5.74) is 10.6. The summed E-state index contributed by atoms with van der Waals surface area (Å²) in [7, 11) is 0. The van der Waals surface area contributed by atoms with Crippen LogP contribution in [0.2, 0.25) is 0 Å². The Balaban J connectivity index is 1.41. The molecule has 0 aliphatic heterocycles. The summed E-state index contributed by atoms with van der Waals surface area (Å²) in [6.45, 7) is 0. The quantitative estimate of drug-likeness (QED) is 0.156. The van der Waals surface area contributed by atoms with Crippen molar-refractivity contribution in [3.05, 3.63) is 106 Å². The molecule has 0 radical (unpaired) electrons. The van der Waals surface area contributed by atoms with Gasteiger partial charge in [-0.15, -0.1) is 0 Å². The van der Waals surface area contributed by atoms with Gasteiger partial charge < -0.3 is 0 Å². The van der Waals surface area contributed by atoms with E-state index in [1.807, 2.05) is 0 Å². The summed E-state index contributed by atoms with van der Waals surface area (Å²) >= 11 is 8.11. The van der Waals surface area contributed by atoms with Crippen molar-refractivity contribution in [2.75, 3.05) is 0 Å². The maximum Gasteiger partial charge on any atom is 0.0333 e. The van der Waals surface area contributed by atoms with Crippen LogP contribution in [0.1, 0.15) is 0 Å². The molecule has 2 aliphatic rings. The van der Waals surface area contributed by atoms with Crippen molar-refractivity contribution in [1.29, 1.82) is 0 Å². The van der Waals surface area contributed by atoms with Crippen LogP contribution in [0.3, 0.4) is 0 Å². The van der Waals surface area contributed by atoms with Crippen molar-refractivity contribution in [3.63, 3.8) is 0 Å². The third-order valence-corrected chi connectivity index (χ3v) is 9.94. The van der Waals surface area contributed by atoms with Crippen molar-refractivity contribution >= 4 is 74.9 Å². The lowest BCUT2D eigenvalue weighted by molar-refractivity contribution is 1.70. The lowest BCUT2D eigenvalue weighted by atomic mass is 9.93. The highest BCUT2D eigenvalue weighted by atomic mass is 79.9. The molecule has 2 heteroatoms. The van der Waals surface area contributed by atoms with Crippen LogP contribution in [0, 0.1) is 0 Å². The molecule has 0 saturated heterocycles. The zero-order valence-electron chi connectivity index (χ0n) is 19.0. The number of hydrogen-bond donors (Lipinski definition) is 0. The van der Waals surface area contributed by atoms with Gasteiger partial charge in [0.15, 0.2) is 0 Å². The van der Waals surface area contributed by atoms with E-state index in [0.717, 1.165) is 8.95 Å². The zero-order valence-corrected chi connectivity index (χ0v) is 22.2. The topological polar surface area (TPSA) is 0 Å². The number of halogens is 2. The molecule has 0 heterocycles. The molecule has 0 atom stereocenters. The van der Waals surface area contributed by atoms with E-state index in [2.05, 4.69) is 129 Å². The van der Waals surface area contributed by atoms with Gasteiger partial charge in [-0.2, -0.15) is 0 Å². The van der Waals surface area contributed by atoms with Crippen molar-refractivity contribution in [3.8, 4) is 44.5 Å². The molecule has 0 spiro atoms. The van der Waals surface area contributed by atoms with Crippen LogP contribution in [-0.4, -0.2) is 0 Å². The third-order valence-electron chi connectivity index (χ3n) is 8.23. The van der Waals surface area contributed by atoms with Gasteiger partial charge in [0.2, 0.25) is 0 Å². The first kappa shape index (κ1) is 19.7. The lowest BCUT2D eigenvalue weighted by Crippen LogP contribution is -1.88. The van der Waals surface area contributed by atoms with E-state index in [-0.39, 0.29) is 0 Å². The number of benzene rings is 7. The smallest absolute Gasteiger partial charge is 0.0333 e. The maximum atomic E-state index is 4.06. The molecular formula is C34H16Br2. The van der Waals surface area contributed by atoms with Crippen LogP contribution < -0.4 is 0 Å². The van der Waals surface area contributed by atoms with E-state index < -0.39 is 0 Å². The predicted molar refractivity (Wildman–Crippen MR) is 161 cm³/mol. The summed E-state index contributed by atoms with van der Waals surface area (Å²) in [6, 6.07) is 36.2. The second-order valence-corrected chi connectivity index (χ2v) is 11.5. The van der Waals surface area contributed by atoms with Crippen LogP contribution in [-0.2, 0) is 0 Å². The summed E-state index contributed by atoms with van der Waals surface area (Å²) in [5, 5.41) is 10.3. The summed E-state index contributed by atoms with van der Waals surface area (Å²) in [4.78, 5) is 0. The molecule has 0 amide bonds. The summed E-state index contributed by atoms with van der Waals surface area (Å²) in [6.07, 6.45) is 0. The second kappa shape index (κ2) is 6.64. The molecule has 36 heavy (non-hydrogen) atoms. The van der Waals surface area contributed by atoms with E-state index >= 15 is 0 Å². The van der Waals surface area contributed by atoms with Gasteiger partial charge in [0.1, 0.15) is 0 Å². The average Bonchev–Trinajstić information content (AvgIpc) is 3.41. The van der Waals surface area contributed by atoms with Gasteiger partial charge in [0.25, 0.3) is 0 Å². The van der Waals surface area contributed by atoms with E-state index in [9.17, 15) is 0 Å². The summed E-state index contributed by atoms with van der Waals surface area (Å²) in [5.74, 6) is 0. The molecule has 2 aliphatic carbocycles. The van der Waals surface area contributed by atoms with Crippen LogP contribution in [0.5, 0.6) is 0 Å². The van der Waals surface area contributed by atoms with E-state index in [4.69, 9.17) is 0 Å². The largest absolute Gasteiger partial charge is 0.0610 e. The van der Waals surface area contributed by atoms with Crippen molar-refractivity contribution in [2.45, 2.75) is 0 Å². The molecule has 0 fully saturated rings. The molecule has 0 unspecified atom stereocenters. The highest BCUT2D eigenvalue weighted by Gasteiger charge is 2.26. The fourth-order valence-corrected chi connectivity index (χ4v) is 8.00. The van der Waals surface area contributed by atoms with Gasteiger partial charge in [0, 0.05) is 8.95 Å². The zero-order chi connectivity index (χ0) is 23.7. The molecule has 0 nitrogen and oxygen atoms in total. The van der Waals surface area contributed by atoms with Crippen LogP contribution in [0.4, 0.5) is 0 Å². The average molecular weight is 584 g/mol. The van der Waals surface area contributed by atoms with Gasteiger partial charge in [-0.3, -0.25) is 0 Å². The normalized spacial score (nSPS) is 12.7. The standard InChI is InChI=1S/C34H16Br2/c35-33-27-13-23-19-9-1-5-17-6-2-10-20(31(17)19)24(23)14-28(27)34(36)30-16-26-22-12-4-8-18-7-3-11-21(32(18)22)25(26)15-29(30)33/h1-16H. The predicted octanol–water partition coefficient (Wildman–Crippen LogP) is 11.1. The molecule has 0 bridgehead atoms. The van der Waals surface area contributed by atoms with Crippen LogP contribution in [0.15, 0.2) is 106 Å². The number of rotatable bonds is 0. The van der Waals surface area contributed by atoms with Crippen molar-refractivity contribution < 1.29 is 0 Å². The maximum absolute atomic E-state index is 4.06. The van der Waals surface area contributed by atoms with E-state index in [0.29, 0.717) is 0 Å². The Labute approximate surface area is 224 Å². The molecule has 0 N–H and O–H groups in total. The molecule has 166 valence electrons. The fraction of sp³-hybridized carbons (Fsp3) is 0. The monoisotopic (exact) mass is 582 g/mol. The summed E-state index contributed by atoms with van der Waals surface area (Å²) < 4.78 is 2.32. The van der Waals surface area contributed by atoms with Gasteiger partial charge >= 0.3 is 0 Å². The molecular weight excluding hydrogens is 568 g/mol. The van der Waals surface area contributed by atoms with E-state index in [1.165, 1.54) is 87.6 Å². The Morgan fingerprint density at radius 3 is 0.889 bits per heavy atom. The Morgan fingerprint density at radius 1 is 0.333 bits per heavy atom. The Morgan fingerprint density at radius 2 is 0.611 bits per heavy atom. The van der Waals surface area contributed by atoms with Gasteiger partial charge in [-0.1, -0.05) is 72.8 Å². The van der Waals surface area contributed by atoms with Gasteiger partial charge in [-0.25, -0.2) is 0 Å². The van der Waals surface area contributed by atoms with Crippen molar-refractivity contribution in [2.24, 2.45) is 0 Å². The van der Waals surface area contributed by atoms with Crippen molar-refractivity contribution in [1.82, 2.24) is 0 Å². The minimum Gasteiger partial charge on any atom is -0.0610 e. The molecule has 0 saturated carbocycles. The molecule has 9 rings (SSSR count). The van der Waals surface area contributed by atoms with Gasteiger partial charge in [-0.05, 0) is 144 Å². The SMILES string of the molecule is Brc1c2cc3c(cc2c(Br)c2cc4c(cc12)-c1cccc2cccc-4c12)-c1cccc2cccc-3c12. The number of hydrogen-bond acceptors (Lipinski definition) is 0. The van der Waals surface area contributed by atoms with Gasteiger partial charge in [0.05, 0.1) is 0 Å².